The summed E-state index contributed by atoms with van der Waals surface area (Å²) in [5, 5.41) is 0. The number of amides is 3. The molecule has 0 aliphatic carbocycles. The number of nitrogens with zero attached hydrogens (tertiary/aromatic N) is 2. The number of carbonyl (C=O) groups excluding carboxylic acids is 2. The lowest BCUT2D eigenvalue weighted by atomic mass is 9.86. The molecule has 1 fully saturated rings. The molecule has 21 heavy (non-hydrogen) atoms. The smallest absolute Gasteiger partial charge is 0.270 e. The molecule has 0 saturated carbocycles. The van der Waals surface area contributed by atoms with Crippen LogP contribution in [0.25, 0.3) is 0 Å². The van der Waals surface area contributed by atoms with Crippen LogP contribution >= 0.6 is 23.6 Å². The summed E-state index contributed by atoms with van der Waals surface area (Å²) in [7, 11) is 0. The van der Waals surface area contributed by atoms with E-state index in [1.165, 1.54) is 0 Å². The molecule has 1 heterocycles. The molecule has 0 aromatic heterocycles. The molecule has 0 unspecified atom stereocenters. The minimum atomic E-state index is -0.943. The number of unbranched alkanes of at least 4 members (excludes halogenated alkanes) is 6. The average Bonchev–Trinajstić information content (AvgIpc) is 2.64. The molecule has 1 saturated heterocycles. The summed E-state index contributed by atoms with van der Waals surface area (Å²) in [6, 6.07) is -0.616. The first-order chi connectivity index (χ1) is 10.0. The summed E-state index contributed by atoms with van der Waals surface area (Å²) in [6.45, 7) is 4.28. The molecule has 0 spiro atoms. The van der Waals surface area contributed by atoms with Crippen molar-refractivity contribution in [2.45, 2.75) is 83.6 Å². The van der Waals surface area contributed by atoms with Crippen LogP contribution in [0.2, 0.25) is 0 Å². The van der Waals surface area contributed by atoms with Gasteiger partial charge in [-0.1, -0.05) is 65.2 Å². The Morgan fingerprint density at radius 3 is 1.67 bits per heavy atom. The molecule has 3 amide bonds. The van der Waals surface area contributed by atoms with Crippen molar-refractivity contribution in [1.82, 2.24) is 8.84 Å². The van der Waals surface area contributed by atoms with Crippen LogP contribution in [-0.4, -0.2) is 26.3 Å². The van der Waals surface area contributed by atoms with E-state index in [4.69, 9.17) is 23.6 Å². The lowest BCUT2D eigenvalue weighted by Crippen LogP contribution is -2.45. The SMILES string of the molecule is CCCCCCC1(CCCCCC)C(=O)N(Cl)C(=O)N1Cl. The van der Waals surface area contributed by atoms with Crippen LogP contribution in [0.15, 0.2) is 0 Å². The Bertz CT molecular complexity index is 352. The van der Waals surface area contributed by atoms with Gasteiger partial charge < -0.3 is 0 Å². The fraction of sp³-hybridized carbons (Fsp3) is 0.867. The Morgan fingerprint density at radius 1 is 0.857 bits per heavy atom. The first-order valence-corrected chi connectivity index (χ1v) is 8.69. The predicted molar refractivity (Wildman–Crippen MR) is 86.0 cm³/mol. The third-order valence-electron chi connectivity index (χ3n) is 4.18. The van der Waals surface area contributed by atoms with Gasteiger partial charge in [0, 0.05) is 23.6 Å². The maximum atomic E-state index is 12.4. The van der Waals surface area contributed by atoms with Crippen molar-refractivity contribution in [2.24, 2.45) is 0 Å². The number of hydrogen-bond acceptors (Lipinski definition) is 2. The second-order valence-corrected chi connectivity index (χ2v) is 6.48. The molecule has 0 radical (unpaired) electrons. The molecular formula is C15H26Cl2N2O2. The zero-order valence-electron chi connectivity index (χ0n) is 13.0. The van der Waals surface area contributed by atoms with Crippen LogP contribution < -0.4 is 0 Å². The van der Waals surface area contributed by atoms with Crippen molar-refractivity contribution < 1.29 is 9.59 Å². The number of carbonyl (C=O) groups is 2. The second-order valence-electron chi connectivity index (χ2n) is 5.80. The van der Waals surface area contributed by atoms with Crippen LogP contribution in [0.1, 0.15) is 78.1 Å². The van der Waals surface area contributed by atoms with Gasteiger partial charge in [0.1, 0.15) is 5.54 Å². The van der Waals surface area contributed by atoms with Gasteiger partial charge in [-0.3, -0.25) is 4.79 Å². The predicted octanol–water partition coefficient (Wildman–Crippen LogP) is 5.24. The van der Waals surface area contributed by atoms with E-state index in [-0.39, 0.29) is 5.91 Å². The second kappa shape index (κ2) is 8.84. The van der Waals surface area contributed by atoms with Crippen LogP contribution in [0.4, 0.5) is 4.79 Å². The number of urea groups is 1. The molecule has 1 aliphatic rings. The molecule has 1 aliphatic heterocycles. The fourth-order valence-electron chi connectivity index (χ4n) is 2.84. The summed E-state index contributed by atoms with van der Waals surface area (Å²) in [4.78, 5) is 24.3. The summed E-state index contributed by atoms with van der Waals surface area (Å²) in [5.74, 6) is -0.364. The van der Waals surface area contributed by atoms with E-state index in [1.54, 1.807) is 0 Å². The van der Waals surface area contributed by atoms with Crippen molar-refractivity contribution in [3.05, 3.63) is 0 Å². The van der Waals surface area contributed by atoms with Gasteiger partial charge in [0.15, 0.2) is 0 Å². The van der Waals surface area contributed by atoms with Gasteiger partial charge in [-0.15, -0.1) is 0 Å². The topological polar surface area (TPSA) is 40.6 Å². The molecule has 4 nitrogen and oxygen atoms in total. The van der Waals surface area contributed by atoms with Crippen molar-refractivity contribution in [2.75, 3.05) is 0 Å². The summed E-state index contributed by atoms with van der Waals surface area (Å²) >= 11 is 11.9. The Morgan fingerprint density at radius 2 is 1.33 bits per heavy atom. The van der Waals surface area contributed by atoms with Crippen molar-refractivity contribution >= 4 is 35.5 Å². The average molecular weight is 337 g/mol. The highest BCUT2D eigenvalue weighted by Gasteiger charge is 2.56. The minimum absolute atomic E-state index is 0.364. The monoisotopic (exact) mass is 336 g/mol. The molecule has 1 rings (SSSR count). The van der Waals surface area contributed by atoms with Crippen molar-refractivity contribution in [1.29, 1.82) is 0 Å². The normalized spacial score (nSPS) is 17.9. The van der Waals surface area contributed by atoms with Gasteiger partial charge in [0.2, 0.25) is 0 Å². The molecule has 0 bridgehead atoms. The minimum Gasteiger partial charge on any atom is -0.270 e. The molecule has 0 N–H and O–H groups in total. The highest BCUT2D eigenvalue weighted by molar-refractivity contribution is 6.39. The van der Waals surface area contributed by atoms with Gasteiger partial charge in [-0.25, -0.2) is 9.21 Å². The van der Waals surface area contributed by atoms with E-state index < -0.39 is 11.6 Å². The quantitative estimate of drug-likeness (QED) is 0.311. The highest BCUT2D eigenvalue weighted by Crippen LogP contribution is 2.39. The summed E-state index contributed by atoms with van der Waals surface area (Å²) < 4.78 is 1.69. The first kappa shape index (κ1) is 18.6. The standard InChI is InChI=1S/C15H26Cl2N2O2/c1-3-5-7-9-11-15(12-10-8-6-4-2)13(20)18(16)14(21)19(15)17/h3-12H2,1-2H3. The van der Waals surface area contributed by atoms with Gasteiger partial charge >= 0.3 is 6.03 Å². The Balaban J connectivity index is 2.73. The zero-order chi connectivity index (χ0) is 15.9. The molecule has 0 atom stereocenters. The zero-order valence-corrected chi connectivity index (χ0v) is 14.5. The van der Waals surface area contributed by atoms with Crippen molar-refractivity contribution in [3.8, 4) is 0 Å². The van der Waals surface area contributed by atoms with Crippen LogP contribution in [0, 0.1) is 0 Å². The molecule has 0 aromatic carbocycles. The van der Waals surface area contributed by atoms with E-state index in [1.807, 2.05) is 0 Å². The number of imide groups is 1. The summed E-state index contributed by atoms with van der Waals surface area (Å²) in [6.07, 6.45) is 9.55. The number of halogens is 2. The maximum Gasteiger partial charge on any atom is 0.357 e. The number of rotatable bonds is 10. The van der Waals surface area contributed by atoms with E-state index in [2.05, 4.69) is 13.8 Å². The van der Waals surface area contributed by atoms with Gasteiger partial charge in [-0.05, 0) is 12.8 Å². The van der Waals surface area contributed by atoms with Gasteiger partial charge in [-0.2, -0.15) is 4.42 Å². The van der Waals surface area contributed by atoms with E-state index >= 15 is 0 Å². The van der Waals surface area contributed by atoms with Crippen LogP contribution in [0.5, 0.6) is 0 Å². The van der Waals surface area contributed by atoms with Crippen LogP contribution in [-0.2, 0) is 4.79 Å². The highest BCUT2D eigenvalue weighted by atomic mass is 35.5. The lowest BCUT2D eigenvalue weighted by Gasteiger charge is -2.30. The van der Waals surface area contributed by atoms with E-state index in [0.29, 0.717) is 17.3 Å². The third-order valence-corrected chi connectivity index (χ3v) is 4.94. The molecule has 6 heteroatoms. The van der Waals surface area contributed by atoms with Gasteiger partial charge in [0.25, 0.3) is 5.91 Å². The van der Waals surface area contributed by atoms with Crippen LogP contribution in [0.3, 0.4) is 0 Å². The third kappa shape index (κ3) is 4.26. The lowest BCUT2D eigenvalue weighted by molar-refractivity contribution is -0.130. The van der Waals surface area contributed by atoms with Crippen molar-refractivity contribution in [3.63, 3.8) is 0 Å². The van der Waals surface area contributed by atoms with Gasteiger partial charge in [0.05, 0.1) is 0 Å². The molecule has 0 aromatic rings. The van der Waals surface area contributed by atoms with E-state index in [0.717, 1.165) is 55.8 Å². The van der Waals surface area contributed by atoms with E-state index in [9.17, 15) is 9.59 Å². The first-order valence-electron chi connectivity index (χ1n) is 8.01. The fourth-order valence-corrected chi connectivity index (χ4v) is 3.43. The number of hydrogen-bond donors (Lipinski definition) is 0. The molecule has 122 valence electrons. The Kier molecular flexibility index (Phi) is 7.82. The Hall–Kier alpha value is -0.480. The maximum absolute atomic E-state index is 12.4. The Labute approximate surface area is 138 Å². The largest absolute Gasteiger partial charge is 0.357 e. The molecular weight excluding hydrogens is 311 g/mol. The summed E-state index contributed by atoms with van der Waals surface area (Å²) in [5.41, 5.74) is -0.943.